The maximum absolute atomic E-state index is 12.4. The van der Waals surface area contributed by atoms with Crippen LogP contribution in [0.3, 0.4) is 0 Å². The molecule has 1 unspecified atom stereocenters. The second-order valence-corrected chi connectivity index (χ2v) is 9.39. The van der Waals surface area contributed by atoms with Gasteiger partial charge in [0, 0.05) is 19.1 Å². The lowest BCUT2D eigenvalue weighted by atomic mass is 9.58. The number of rotatable bonds is 6. The average Bonchev–Trinajstić information content (AvgIpc) is 3.20. The van der Waals surface area contributed by atoms with E-state index in [2.05, 4.69) is 19.2 Å². The Labute approximate surface area is 172 Å². The van der Waals surface area contributed by atoms with Crippen LogP contribution in [0.5, 0.6) is 11.5 Å². The number of ether oxygens (including phenoxy) is 3. The van der Waals surface area contributed by atoms with Crippen molar-refractivity contribution in [2.24, 2.45) is 22.7 Å². The molecule has 2 aliphatic carbocycles. The van der Waals surface area contributed by atoms with Gasteiger partial charge in [0.2, 0.25) is 5.91 Å². The van der Waals surface area contributed by atoms with Gasteiger partial charge >= 0.3 is 0 Å². The molecule has 0 radical (unpaired) electrons. The molecule has 1 aromatic rings. The van der Waals surface area contributed by atoms with E-state index < -0.39 is 0 Å². The summed E-state index contributed by atoms with van der Waals surface area (Å²) in [4.78, 5) is 12.4. The highest BCUT2D eigenvalue weighted by atomic mass is 16.5. The first-order chi connectivity index (χ1) is 13.9. The minimum absolute atomic E-state index is 0.00589. The van der Waals surface area contributed by atoms with E-state index in [-0.39, 0.29) is 41.9 Å². The van der Waals surface area contributed by atoms with E-state index in [4.69, 9.17) is 14.2 Å². The van der Waals surface area contributed by atoms with Crippen LogP contribution < -0.4 is 14.8 Å². The van der Waals surface area contributed by atoms with Crippen molar-refractivity contribution < 1.29 is 24.1 Å². The van der Waals surface area contributed by atoms with Gasteiger partial charge in [0.05, 0.1) is 32.5 Å². The molecule has 1 amide bonds. The number of hydrogen-bond acceptors (Lipinski definition) is 5. The zero-order valence-corrected chi connectivity index (χ0v) is 17.9. The molecular weight excluding hydrogens is 370 g/mol. The number of amides is 1. The van der Waals surface area contributed by atoms with E-state index in [1.807, 2.05) is 18.2 Å². The van der Waals surface area contributed by atoms with Crippen LogP contribution in [0.25, 0.3) is 0 Å². The van der Waals surface area contributed by atoms with E-state index in [1.54, 1.807) is 14.2 Å². The average molecular weight is 404 g/mol. The first kappa shape index (κ1) is 20.5. The van der Waals surface area contributed by atoms with Gasteiger partial charge in [-0.25, -0.2) is 0 Å². The first-order valence-corrected chi connectivity index (χ1v) is 10.6. The lowest BCUT2D eigenvalue weighted by Gasteiger charge is -2.53. The van der Waals surface area contributed by atoms with E-state index in [0.717, 1.165) is 36.3 Å². The molecular formula is C23H33NO5. The van der Waals surface area contributed by atoms with Crippen LogP contribution >= 0.6 is 0 Å². The molecule has 2 bridgehead atoms. The number of nitrogens with one attached hydrogen (secondary N) is 1. The maximum Gasteiger partial charge on any atom is 0.222 e. The summed E-state index contributed by atoms with van der Waals surface area (Å²) < 4.78 is 17.7. The minimum atomic E-state index is -0.122. The van der Waals surface area contributed by atoms with Crippen molar-refractivity contribution in [2.75, 3.05) is 27.4 Å². The molecule has 29 heavy (non-hydrogen) atoms. The van der Waals surface area contributed by atoms with Gasteiger partial charge in [-0.3, -0.25) is 4.79 Å². The van der Waals surface area contributed by atoms with E-state index in [0.29, 0.717) is 18.4 Å². The molecule has 0 aromatic heterocycles. The Morgan fingerprint density at radius 3 is 2.59 bits per heavy atom. The largest absolute Gasteiger partial charge is 0.496 e. The molecule has 1 saturated heterocycles. The minimum Gasteiger partial charge on any atom is -0.496 e. The topological polar surface area (TPSA) is 77.0 Å². The number of benzene rings is 1. The molecule has 5 atom stereocenters. The van der Waals surface area contributed by atoms with Gasteiger partial charge in [0.15, 0.2) is 0 Å². The number of carbonyl (C=O) groups excluding carboxylic acids is 1. The Kier molecular flexibility index (Phi) is 5.28. The summed E-state index contributed by atoms with van der Waals surface area (Å²) in [5, 5.41) is 12.5. The molecule has 2 N–H and O–H groups in total. The van der Waals surface area contributed by atoms with Crippen LogP contribution in [0.15, 0.2) is 18.2 Å². The zero-order chi connectivity index (χ0) is 20.8. The predicted octanol–water partition coefficient (Wildman–Crippen LogP) is 3.08. The molecule has 2 saturated carbocycles. The molecule has 3 aliphatic rings. The van der Waals surface area contributed by atoms with Gasteiger partial charge < -0.3 is 24.6 Å². The number of fused-ring (bicyclic) bond motifs is 1. The van der Waals surface area contributed by atoms with Crippen molar-refractivity contribution in [3.63, 3.8) is 0 Å². The van der Waals surface area contributed by atoms with Crippen molar-refractivity contribution in [2.45, 2.75) is 51.7 Å². The van der Waals surface area contributed by atoms with Crippen LogP contribution in [-0.4, -0.2) is 44.5 Å². The SMILES string of the molecule is COc1cccc(OC)c1[C@H]1OCCC23C[C@@H](C[C@H]12)C(C)(C)[C@H]3NC(=O)CCO. The third kappa shape index (κ3) is 3.03. The second kappa shape index (κ2) is 7.47. The van der Waals surface area contributed by atoms with E-state index >= 15 is 0 Å². The van der Waals surface area contributed by atoms with Gasteiger partial charge in [-0.15, -0.1) is 0 Å². The van der Waals surface area contributed by atoms with Crippen LogP contribution in [0.4, 0.5) is 0 Å². The predicted molar refractivity (Wildman–Crippen MR) is 109 cm³/mol. The standard InChI is InChI=1S/C23H33NO5/c1-22(2)14-12-15-20(19-16(27-3)6-5-7-17(19)28-4)29-11-9-23(15,13-14)21(22)24-18(26)8-10-25/h5-7,14-15,20-21,25H,8-13H2,1-4H3,(H,24,26)/t14-,15-,20+,21-,23?/m1/s1. The highest BCUT2D eigenvalue weighted by molar-refractivity contribution is 5.76. The summed E-state index contributed by atoms with van der Waals surface area (Å²) in [6.45, 7) is 5.09. The summed E-state index contributed by atoms with van der Waals surface area (Å²) in [5.74, 6) is 2.32. The Hall–Kier alpha value is -1.79. The fraction of sp³-hybridized carbons (Fsp3) is 0.696. The van der Waals surface area contributed by atoms with Crippen molar-refractivity contribution >= 4 is 5.91 Å². The fourth-order valence-electron chi connectivity index (χ4n) is 6.57. The molecule has 1 heterocycles. The maximum atomic E-state index is 12.4. The lowest BCUT2D eigenvalue weighted by molar-refractivity contribution is -0.138. The van der Waals surface area contributed by atoms with Gasteiger partial charge in [-0.1, -0.05) is 19.9 Å². The molecule has 4 rings (SSSR count). The van der Waals surface area contributed by atoms with Crippen molar-refractivity contribution in [1.29, 1.82) is 0 Å². The Morgan fingerprint density at radius 2 is 1.97 bits per heavy atom. The van der Waals surface area contributed by atoms with Crippen LogP contribution in [-0.2, 0) is 9.53 Å². The fourth-order valence-corrected chi connectivity index (χ4v) is 6.57. The highest BCUT2D eigenvalue weighted by Crippen LogP contribution is 2.71. The van der Waals surface area contributed by atoms with Crippen molar-refractivity contribution in [3.8, 4) is 11.5 Å². The van der Waals surface area contributed by atoms with Gasteiger partial charge in [0.1, 0.15) is 11.5 Å². The zero-order valence-electron chi connectivity index (χ0n) is 17.9. The number of aliphatic hydroxyl groups excluding tert-OH is 1. The number of aliphatic hydroxyl groups is 1. The first-order valence-electron chi connectivity index (χ1n) is 10.6. The Morgan fingerprint density at radius 1 is 1.28 bits per heavy atom. The smallest absolute Gasteiger partial charge is 0.222 e. The number of methoxy groups -OCH3 is 2. The molecule has 1 aromatic carbocycles. The van der Waals surface area contributed by atoms with Crippen LogP contribution in [0.2, 0.25) is 0 Å². The highest BCUT2D eigenvalue weighted by Gasteiger charge is 2.68. The van der Waals surface area contributed by atoms with E-state index in [1.165, 1.54) is 0 Å². The molecule has 3 fully saturated rings. The summed E-state index contributed by atoms with van der Waals surface area (Å²) in [6.07, 6.45) is 3.15. The summed E-state index contributed by atoms with van der Waals surface area (Å²) in [5.41, 5.74) is 0.995. The second-order valence-electron chi connectivity index (χ2n) is 9.39. The quantitative estimate of drug-likeness (QED) is 0.763. The normalized spacial score (nSPS) is 34.5. The summed E-state index contributed by atoms with van der Waals surface area (Å²) in [6, 6.07) is 5.92. The van der Waals surface area contributed by atoms with Gasteiger partial charge in [0.25, 0.3) is 0 Å². The van der Waals surface area contributed by atoms with E-state index in [9.17, 15) is 9.90 Å². The monoisotopic (exact) mass is 403 g/mol. The van der Waals surface area contributed by atoms with Gasteiger partial charge in [-0.2, -0.15) is 0 Å². The Bertz CT molecular complexity index is 756. The van der Waals surface area contributed by atoms with Crippen molar-refractivity contribution in [1.82, 2.24) is 5.32 Å². The summed E-state index contributed by atoms with van der Waals surface area (Å²) >= 11 is 0. The van der Waals surface area contributed by atoms with Crippen molar-refractivity contribution in [3.05, 3.63) is 23.8 Å². The third-order valence-electron chi connectivity index (χ3n) is 7.90. The number of carbonyl (C=O) groups is 1. The third-order valence-corrected chi connectivity index (χ3v) is 7.90. The molecule has 1 spiro atoms. The Balaban J connectivity index is 1.73. The molecule has 6 nitrogen and oxygen atoms in total. The molecule has 160 valence electrons. The molecule has 1 aliphatic heterocycles. The summed E-state index contributed by atoms with van der Waals surface area (Å²) in [7, 11) is 3.36. The molecule has 6 heteroatoms. The lowest BCUT2D eigenvalue weighted by Crippen LogP contribution is -2.59. The van der Waals surface area contributed by atoms with Gasteiger partial charge in [-0.05, 0) is 54.1 Å². The number of hydrogen-bond donors (Lipinski definition) is 2. The van der Waals surface area contributed by atoms with Crippen LogP contribution in [0, 0.1) is 22.7 Å². The van der Waals surface area contributed by atoms with Crippen LogP contribution in [0.1, 0.15) is 51.2 Å².